The number of allylic oxidation sites excluding steroid dienone is 1. The topological polar surface area (TPSA) is 95.1 Å². The largest absolute Gasteiger partial charge is 0.489 e. The van der Waals surface area contributed by atoms with Crippen LogP contribution in [0.2, 0.25) is 5.02 Å². The fourth-order valence-electron chi connectivity index (χ4n) is 3.55. The normalized spacial score (nSPS) is 15.3. The number of amides is 1. The van der Waals surface area contributed by atoms with Gasteiger partial charge in [-0.15, -0.1) is 5.10 Å². The molecule has 1 aliphatic rings. The van der Waals surface area contributed by atoms with Crippen molar-refractivity contribution in [3.8, 4) is 5.75 Å². The molecule has 2 aromatic carbocycles. The Morgan fingerprint density at radius 2 is 2.06 bits per heavy atom. The van der Waals surface area contributed by atoms with Gasteiger partial charge >= 0.3 is 0 Å². The molecule has 0 aliphatic carbocycles. The molecule has 3 aromatic rings. The number of nitrogens with one attached hydrogen (secondary N) is 1. The monoisotopic (exact) mass is 469 g/mol. The minimum absolute atomic E-state index is 0.407. The van der Waals surface area contributed by atoms with Gasteiger partial charge in [0.25, 0.3) is 0 Å². The van der Waals surface area contributed by atoms with Crippen molar-refractivity contribution in [1.82, 2.24) is 14.8 Å². The van der Waals surface area contributed by atoms with Crippen LogP contribution in [0.25, 0.3) is 0 Å². The fourth-order valence-corrected chi connectivity index (χ4v) is 4.45. The average Bonchev–Trinajstić information content (AvgIpc) is 3.18. The second kappa shape index (κ2) is 9.67. The quantitative estimate of drug-likeness (QED) is 0.461. The van der Waals surface area contributed by atoms with E-state index in [-0.39, 0.29) is 0 Å². The van der Waals surface area contributed by atoms with Gasteiger partial charge in [-0.3, -0.25) is 4.79 Å². The summed E-state index contributed by atoms with van der Waals surface area (Å²) in [4.78, 5) is 16.9. The van der Waals surface area contributed by atoms with E-state index in [1.807, 2.05) is 55.5 Å². The highest BCUT2D eigenvalue weighted by atomic mass is 35.5. The summed E-state index contributed by atoms with van der Waals surface area (Å²) < 4.78 is 7.62. The number of hydrogen-bond donors (Lipinski definition) is 2. The number of fused-ring (bicyclic) bond motifs is 1. The maximum absolute atomic E-state index is 12.3. The lowest BCUT2D eigenvalue weighted by Crippen LogP contribution is -2.31. The van der Waals surface area contributed by atoms with E-state index >= 15 is 0 Å². The molecular formula is C23H24ClN5O2S. The van der Waals surface area contributed by atoms with Gasteiger partial charge in [0.2, 0.25) is 17.0 Å². The first-order valence-electron chi connectivity index (χ1n) is 10.3. The van der Waals surface area contributed by atoms with E-state index in [0.29, 0.717) is 39.8 Å². The van der Waals surface area contributed by atoms with Gasteiger partial charge in [0.05, 0.1) is 5.57 Å². The van der Waals surface area contributed by atoms with E-state index < -0.39 is 11.9 Å². The van der Waals surface area contributed by atoms with Crippen LogP contribution in [0, 0.1) is 0 Å². The van der Waals surface area contributed by atoms with Gasteiger partial charge < -0.3 is 15.8 Å². The van der Waals surface area contributed by atoms with Crippen molar-refractivity contribution in [1.29, 1.82) is 0 Å². The maximum Gasteiger partial charge on any atom is 0.248 e. The summed E-state index contributed by atoms with van der Waals surface area (Å²) in [5.74, 6) is 1.73. The predicted molar refractivity (Wildman–Crippen MR) is 127 cm³/mol. The molecule has 166 valence electrons. The highest BCUT2D eigenvalue weighted by Crippen LogP contribution is 2.36. The van der Waals surface area contributed by atoms with Crippen LogP contribution in [0.4, 0.5) is 5.95 Å². The Morgan fingerprint density at radius 1 is 1.28 bits per heavy atom. The molecule has 1 unspecified atom stereocenters. The third kappa shape index (κ3) is 4.76. The Labute approximate surface area is 196 Å². The summed E-state index contributed by atoms with van der Waals surface area (Å²) in [6, 6.07) is 14.7. The SMILES string of the molecule is CCCSc1nc2n(n1)C(c1ccc(OCc3cccc(Cl)c3)cc1)C(C(N)=O)=C(C)N2. The third-order valence-electron chi connectivity index (χ3n) is 5.02. The van der Waals surface area contributed by atoms with Crippen LogP contribution in [0.3, 0.4) is 0 Å². The van der Waals surface area contributed by atoms with E-state index in [2.05, 4.69) is 22.3 Å². The minimum atomic E-state index is -0.495. The molecule has 1 aromatic heterocycles. The Hall–Kier alpha value is -2.97. The standard InChI is InChI=1S/C23H24ClN5O2S/c1-3-11-32-23-27-22-26-14(2)19(21(25)30)20(29(22)28-23)16-7-9-18(10-8-16)31-13-15-5-4-6-17(24)12-15/h4-10,12,20H,3,11,13H2,1-2H3,(H2,25,30)(H,26,27,28). The zero-order valence-corrected chi connectivity index (χ0v) is 19.4. The van der Waals surface area contributed by atoms with Gasteiger partial charge in [0.15, 0.2) is 0 Å². The van der Waals surface area contributed by atoms with Gasteiger partial charge in [-0.05, 0) is 48.7 Å². The molecule has 7 nitrogen and oxygen atoms in total. The third-order valence-corrected chi connectivity index (χ3v) is 6.30. The summed E-state index contributed by atoms with van der Waals surface area (Å²) in [6.07, 6.45) is 1.02. The highest BCUT2D eigenvalue weighted by molar-refractivity contribution is 7.99. The molecule has 1 amide bonds. The molecule has 3 N–H and O–H groups in total. The molecule has 4 rings (SSSR count). The molecule has 1 atom stereocenters. The number of carbonyl (C=O) groups excluding carboxylic acids is 1. The number of rotatable bonds is 8. The van der Waals surface area contributed by atoms with Crippen molar-refractivity contribution in [3.63, 3.8) is 0 Å². The number of aromatic nitrogens is 3. The van der Waals surface area contributed by atoms with E-state index in [4.69, 9.17) is 22.1 Å². The molecule has 0 spiro atoms. The first kappa shape index (κ1) is 22.2. The van der Waals surface area contributed by atoms with Crippen LogP contribution in [-0.4, -0.2) is 26.4 Å². The zero-order chi connectivity index (χ0) is 22.7. The fraction of sp³-hybridized carbons (Fsp3) is 0.261. The Morgan fingerprint density at radius 3 is 2.75 bits per heavy atom. The summed E-state index contributed by atoms with van der Waals surface area (Å²) in [5.41, 5.74) is 8.74. The first-order valence-corrected chi connectivity index (χ1v) is 11.7. The van der Waals surface area contributed by atoms with Gasteiger partial charge in [-0.25, -0.2) is 4.68 Å². The molecule has 0 saturated heterocycles. The van der Waals surface area contributed by atoms with Crippen LogP contribution < -0.4 is 15.8 Å². The second-order valence-electron chi connectivity index (χ2n) is 7.43. The molecule has 0 fully saturated rings. The van der Waals surface area contributed by atoms with Crippen LogP contribution in [0.1, 0.15) is 37.4 Å². The lowest BCUT2D eigenvalue weighted by atomic mass is 9.95. The summed E-state index contributed by atoms with van der Waals surface area (Å²) in [6.45, 7) is 4.34. The Balaban J connectivity index is 1.60. The molecule has 32 heavy (non-hydrogen) atoms. The van der Waals surface area contributed by atoms with Crippen molar-refractivity contribution >= 4 is 35.2 Å². The number of benzene rings is 2. The van der Waals surface area contributed by atoms with Crippen LogP contribution in [-0.2, 0) is 11.4 Å². The Kier molecular flexibility index (Phi) is 6.72. The van der Waals surface area contributed by atoms with E-state index in [0.717, 1.165) is 23.3 Å². The van der Waals surface area contributed by atoms with Crippen molar-refractivity contribution in [2.24, 2.45) is 5.73 Å². The number of nitrogens with zero attached hydrogens (tertiary/aromatic N) is 3. The molecule has 0 radical (unpaired) electrons. The zero-order valence-electron chi connectivity index (χ0n) is 17.8. The summed E-state index contributed by atoms with van der Waals surface area (Å²) in [7, 11) is 0. The number of anilines is 1. The number of nitrogens with two attached hydrogens (primary N) is 1. The lowest BCUT2D eigenvalue weighted by Gasteiger charge is -2.27. The molecular weight excluding hydrogens is 446 g/mol. The smallest absolute Gasteiger partial charge is 0.248 e. The molecule has 0 bridgehead atoms. The number of thioether (sulfide) groups is 1. The first-order chi connectivity index (χ1) is 15.5. The van der Waals surface area contributed by atoms with Crippen molar-refractivity contribution in [2.75, 3.05) is 11.1 Å². The number of hydrogen-bond acceptors (Lipinski definition) is 6. The van der Waals surface area contributed by atoms with Crippen molar-refractivity contribution in [2.45, 2.75) is 38.1 Å². The lowest BCUT2D eigenvalue weighted by molar-refractivity contribution is -0.115. The molecule has 1 aliphatic heterocycles. The average molecular weight is 470 g/mol. The Bertz CT molecular complexity index is 1160. The number of halogens is 1. The molecule has 2 heterocycles. The predicted octanol–water partition coefficient (Wildman–Crippen LogP) is 4.79. The van der Waals surface area contributed by atoms with Gasteiger partial charge in [-0.1, -0.05) is 54.6 Å². The molecule has 0 saturated carbocycles. The summed E-state index contributed by atoms with van der Waals surface area (Å²) >= 11 is 7.62. The minimum Gasteiger partial charge on any atom is -0.489 e. The maximum atomic E-state index is 12.3. The van der Waals surface area contributed by atoms with Gasteiger partial charge in [-0.2, -0.15) is 4.98 Å². The van der Waals surface area contributed by atoms with E-state index in [1.165, 1.54) is 0 Å². The van der Waals surface area contributed by atoms with Gasteiger partial charge in [0, 0.05) is 16.5 Å². The van der Waals surface area contributed by atoms with Crippen LogP contribution in [0.5, 0.6) is 5.75 Å². The summed E-state index contributed by atoms with van der Waals surface area (Å²) in [5, 5.41) is 9.14. The number of ether oxygens (including phenoxy) is 1. The van der Waals surface area contributed by atoms with Crippen molar-refractivity contribution in [3.05, 3.63) is 76.0 Å². The number of carbonyl (C=O) groups is 1. The van der Waals surface area contributed by atoms with Crippen molar-refractivity contribution < 1.29 is 9.53 Å². The number of primary amides is 1. The van der Waals surface area contributed by atoms with Gasteiger partial charge in [0.1, 0.15) is 18.4 Å². The van der Waals surface area contributed by atoms with Crippen LogP contribution in [0.15, 0.2) is 65.0 Å². The second-order valence-corrected chi connectivity index (χ2v) is 8.93. The molecule has 9 heteroatoms. The highest BCUT2D eigenvalue weighted by Gasteiger charge is 2.33. The van der Waals surface area contributed by atoms with E-state index in [1.54, 1.807) is 16.4 Å². The van der Waals surface area contributed by atoms with Crippen LogP contribution >= 0.6 is 23.4 Å². The van der Waals surface area contributed by atoms with E-state index in [9.17, 15) is 4.79 Å².